The molecule has 3 rings (SSSR count). The average Bonchev–Trinajstić information content (AvgIpc) is 3.12. The molecule has 0 radical (unpaired) electrons. The lowest BCUT2D eigenvalue weighted by molar-refractivity contribution is 0.389. The molecule has 0 aromatic rings. The second-order valence-electron chi connectivity index (χ2n) is 6.55. The molecule has 0 spiro atoms. The largest absolute Gasteiger partial charge is 0.397 e. The van der Waals surface area contributed by atoms with E-state index in [1.807, 2.05) is 0 Å². The Morgan fingerprint density at radius 2 is 1.75 bits per heavy atom. The molecule has 112 valence electrons. The van der Waals surface area contributed by atoms with E-state index in [0.29, 0.717) is 6.04 Å². The monoisotopic (exact) mass is 277 g/mol. The van der Waals surface area contributed by atoms with Crippen molar-refractivity contribution in [3.63, 3.8) is 0 Å². The highest BCUT2D eigenvalue weighted by atomic mass is 15.3. The first-order valence-electron chi connectivity index (χ1n) is 8.50. The van der Waals surface area contributed by atoms with Gasteiger partial charge in [0.25, 0.3) is 5.84 Å². The molecule has 0 bridgehead atoms. The Hall–Kier alpha value is -1.15. The second kappa shape index (κ2) is 6.53. The summed E-state index contributed by atoms with van der Waals surface area (Å²) in [5.74, 6) is 2.44. The van der Waals surface area contributed by atoms with E-state index >= 15 is 0 Å². The van der Waals surface area contributed by atoms with Gasteiger partial charge in [0, 0.05) is 13.5 Å². The summed E-state index contributed by atoms with van der Waals surface area (Å²) in [6.45, 7) is 3.51. The molecule has 3 aliphatic rings. The van der Waals surface area contributed by atoms with E-state index in [2.05, 4.69) is 22.2 Å². The van der Waals surface area contributed by atoms with Crippen LogP contribution in [0, 0.1) is 0 Å². The number of likely N-dealkylation sites (tertiary alicyclic amines) is 2. The van der Waals surface area contributed by atoms with Crippen LogP contribution in [0.2, 0.25) is 0 Å². The van der Waals surface area contributed by atoms with Crippen LogP contribution in [0.4, 0.5) is 0 Å². The van der Waals surface area contributed by atoms with Gasteiger partial charge in [-0.15, -0.1) is 0 Å². The van der Waals surface area contributed by atoms with Crippen molar-refractivity contribution in [2.24, 2.45) is 0 Å². The molecule has 1 saturated carbocycles. The molecule has 0 aromatic carbocycles. The number of nitrogens with zero attached hydrogens (tertiary/aromatic N) is 3. The minimum absolute atomic E-state index is 0.649. The van der Waals surface area contributed by atoms with Crippen LogP contribution >= 0.6 is 0 Å². The van der Waals surface area contributed by atoms with E-state index in [9.17, 15) is 0 Å². The molecule has 0 aromatic heterocycles. The summed E-state index contributed by atoms with van der Waals surface area (Å²) in [5.41, 5.74) is 0. The highest BCUT2D eigenvalue weighted by Gasteiger charge is 2.28. The molecular weight excluding hydrogens is 248 g/mol. The van der Waals surface area contributed by atoms with Crippen LogP contribution in [0.15, 0.2) is 0 Å². The van der Waals surface area contributed by atoms with Gasteiger partial charge in [0.15, 0.2) is 0 Å². The van der Waals surface area contributed by atoms with Gasteiger partial charge in [-0.2, -0.15) is 0 Å². The predicted molar refractivity (Wildman–Crippen MR) is 84.8 cm³/mol. The first kappa shape index (κ1) is 13.8. The predicted octanol–water partition coefficient (Wildman–Crippen LogP) is 1.55. The summed E-state index contributed by atoms with van der Waals surface area (Å²) in [6.07, 6.45) is 11.8. The number of amidine groups is 1. The summed E-state index contributed by atoms with van der Waals surface area (Å²) in [5, 5.41) is 3.77. The van der Waals surface area contributed by atoms with Crippen molar-refractivity contribution in [2.75, 3.05) is 26.7 Å². The van der Waals surface area contributed by atoms with E-state index in [0.717, 1.165) is 18.9 Å². The van der Waals surface area contributed by atoms with Crippen LogP contribution in [0.25, 0.3) is 0 Å². The van der Waals surface area contributed by atoms with Gasteiger partial charge >= 0.3 is 5.96 Å². The Balaban J connectivity index is 1.77. The number of hydrogen-bond acceptors (Lipinski definition) is 0. The molecule has 2 aliphatic heterocycles. The minimum atomic E-state index is 0.649. The molecule has 2 saturated heterocycles. The summed E-state index contributed by atoms with van der Waals surface area (Å²) < 4.78 is 5.01. The number of guanidine groups is 1. The molecule has 3 fully saturated rings. The molecule has 4 nitrogen and oxygen atoms in total. The van der Waals surface area contributed by atoms with E-state index in [4.69, 9.17) is 4.67 Å². The normalized spacial score (nSPS) is 24.1. The van der Waals surface area contributed by atoms with Gasteiger partial charge in [0.1, 0.15) is 0 Å². The third-order valence-corrected chi connectivity index (χ3v) is 4.91. The maximum Gasteiger partial charge on any atom is 0.397 e. The SMILES string of the molecule is CN1CCCC1=[N+]=C(NC1CCCCC1)N1CCCC1. The third kappa shape index (κ3) is 3.29. The number of rotatable bonds is 1. The number of hydrogen-bond donors (Lipinski definition) is 1. The minimum Gasteiger partial charge on any atom is -0.302 e. The van der Waals surface area contributed by atoms with E-state index < -0.39 is 0 Å². The van der Waals surface area contributed by atoms with Crippen LogP contribution in [0.5, 0.6) is 0 Å². The van der Waals surface area contributed by atoms with Gasteiger partial charge < -0.3 is 4.90 Å². The van der Waals surface area contributed by atoms with Crippen molar-refractivity contribution >= 4 is 11.8 Å². The standard InChI is InChI=1S/C16H28N4/c1-19-11-7-10-15(19)18-16(20-12-5-6-13-20)17-14-8-3-2-4-9-14/h14H,2-13H2,1H3/p+1. The Kier molecular flexibility index (Phi) is 4.51. The van der Waals surface area contributed by atoms with Crippen LogP contribution in [0.1, 0.15) is 57.8 Å². The second-order valence-corrected chi connectivity index (χ2v) is 6.55. The van der Waals surface area contributed by atoms with Crippen LogP contribution in [0.3, 0.4) is 0 Å². The van der Waals surface area contributed by atoms with Crippen molar-refractivity contribution in [1.82, 2.24) is 19.8 Å². The lowest BCUT2D eigenvalue weighted by Gasteiger charge is -2.23. The molecule has 4 heteroatoms. The van der Waals surface area contributed by atoms with Crippen LogP contribution < -0.4 is 9.98 Å². The zero-order valence-electron chi connectivity index (χ0n) is 12.9. The van der Waals surface area contributed by atoms with Crippen molar-refractivity contribution in [1.29, 1.82) is 0 Å². The lowest BCUT2D eigenvalue weighted by atomic mass is 9.96. The van der Waals surface area contributed by atoms with E-state index in [1.165, 1.54) is 70.3 Å². The Morgan fingerprint density at radius 3 is 2.40 bits per heavy atom. The maximum atomic E-state index is 5.01. The molecule has 0 amide bonds. The fourth-order valence-corrected chi connectivity index (χ4v) is 3.61. The van der Waals surface area contributed by atoms with Gasteiger partial charge in [0.05, 0.1) is 25.7 Å². The van der Waals surface area contributed by atoms with E-state index in [1.54, 1.807) is 0 Å². The zero-order valence-corrected chi connectivity index (χ0v) is 12.9. The van der Waals surface area contributed by atoms with Crippen molar-refractivity contribution < 1.29 is 0 Å². The zero-order chi connectivity index (χ0) is 13.8. The Morgan fingerprint density at radius 1 is 1.00 bits per heavy atom. The smallest absolute Gasteiger partial charge is 0.302 e. The Bertz CT molecular complexity index is 385. The van der Waals surface area contributed by atoms with Gasteiger partial charge in [-0.05, 0) is 32.1 Å². The Labute approximate surface area is 123 Å². The summed E-state index contributed by atoms with van der Waals surface area (Å²) in [6, 6.07) is 0.649. The average molecular weight is 277 g/mol. The van der Waals surface area contributed by atoms with Gasteiger partial charge in [-0.3, -0.25) is 10.2 Å². The topological polar surface area (TPSA) is 32.6 Å². The summed E-state index contributed by atoms with van der Waals surface area (Å²) in [4.78, 5) is 4.78. The maximum absolute atomic E-state index is 5.01. The summed E-state index contributed by atoms with van der Waals surface area (Å²) >= 11 is 0. The highest BCUT2D eigenvalue weighted by Crippen LogP contribution is 2.18. The molecular formula is C16H29N4+. The van der Waals surface area contributed by atoms with E-state index in [-0.39, 0.29) is 0 Å². The first-order valence-corrected chi connectivity index (χ1v) is 8.50. The molecule has 1 aliphatic carbocycles. The molecule has 2 heterocycles. The molecule has 20 heavy (non-hydrogen) atoms. The number of nitrogens with one attached hydrogen (secondary N) is 1. The first-order chi connectivity index (χ1) is 9.83. The van der Waals surface area contributed by atoms with Crippen molar-refractivity contribution in [3.8, 4) is 0 Å². The fourth-order valence-electron chi connectivity index (χ4n) is 3.61. The molecule has 1 N–H and O–H groups in total. The fraction of sp³-hybridized carbons (Fsp3) is 0.875. The highest BCUT2D eigenvalue weighted by molar-refractivity contribution is 5.90. The quantitative estimate of drug-likeness (QED) is 0.448. The van der Waals surface area contributed by atoms with Crippen LogP contribution in [-0.2, 0) is 0 Å². The molecule has 0 unspecified atom stereocenters. The van der Waals surface area contributed by atoms with Crippen molar-refractivity contribution in [3.05, 3.63) is 0 Å². The molecule has 0 atom stereocenters. The van der Waals surface area contributed by atoms with Gasteiger partial charge in [0.2, 0.25) is 0 Å². The van der Waals surface area contributed by atoms with Gasteiger partial charge in [-0.25, -0.2) is 4.67 Å². The summed E-state index contributed by atoms with van der Waals surface area (Å²) in [7, 11) is 2.17. The van der Waals surface area contributed by atoms with Crippen molar-refractivity contribution in [2.45, 2.75) is 63.8 Å². The van der Waals surface area contributed by atoms with Crippen LogP contribution in [-0.4, -0.2) is 54.3 Å². The lowest BCUT2D eigenvalue weighted by Crippen LogP contribution is -2.47. The third-order valence-electron chi connectivity index (χ3n) is 4.91. The van der Waals surface area contributed by atoms with Gasteiger partial charge in [-0.1, -0.05) is 19.3 Å².